The minimum atomic E-state index is -0.542. The van der Waals surface area contributed by atoms with Gasteiger partial charge in [-0.3, -0.25) is 9.59 Å². The van der Waals surface area contributed by atoms with Crippen LogP contribution >= 0.6 is 0 Å². The summed E-state index contributed by atoms with van der Waals surface area (Å²) in [5.41, 5.74) is 1.10. The van der Waals surface area contributed by atoms with Crippen molar-refractivity contribution in [3.8, 4) is 23.0 Å². The molecular formula is C20H23NO7. The third kappa shape index (κ3) is 5.54. The molecule has 0 atom stereocenters. The first-order chi connectivity index (χ1) is 13.5. The largest absolute Gasteiger partial charge is 0.497 e. The smallest absolute Gasteiger partial charge is 0.310 e. The molecule has 0 fully saturated rings. The molecule has 8 heteroatoms. The van der Waals surface area contributed by atoms with Crippen molar-refractivity contribution in [1.29, 1.82) is 0 Å². The van der Waals surface area contributed by atoms with Crippen LogP contribution in [0.15, 0.2) is 36.4 Å². The highest BCUT2D eigenvalue weighted by Gasteiger charge is 2.13. The van der Waals surface area contributed by atoms with E-state index in [2.05, 4.69) is 5.32 Å². The number of amides is 1. The van der Waals surface area contributed by atoms with Crippen LogP contribution in [-0.2, 0) is 20.7 Å². The molecule has 1 amide bonds. The van der Waals surface area contributed by atoms with Gasteiger partial charge in [0.2, 0.25) is 0 Å². The van der Waals surface area contributed by atoms with Crippen LogP contribution in [-0.4, -0.2) is 46.9 Å². The second-order valence-corrected chi connectivity index (χ2v) is 5.64. The Labute approximate surface area is 163 Å². The van der Waals surface area contributed by atoms with E-state index in [1.807, 2.05) is 0 Å². The van der Waals surface area contributed by atoms with E-state index in [1.54, 1.807) is 36.4 Å². The molecule has 150 valence electrons. The highest BCUT2D eigenvalue weighted by molar-refractivity contribution is 5.94. The van der Waals surface area contributed by atoms with Gasteiger partial charge in [0.25, 0.3) is 5.91 Å². The molecule has 0 aliphatic heterocycles. The quantitative estimate of drug-likeness (QED) is 0.659. The Morgan fingerprint density at radius 3 is 2.14 bits per heavy atom. The molecule has 28 heavy (non-hydrogen) atoms. The summed E-state index contributed by atoms with van der Waals surface area (Å²) in [6.45, 7) is -0.424. The van der Waals surface area contributed by atoms with E-state index in [9.17, 15) is 9.59 Å². The third-order valence-corrected chi connectivity index (χ3v) is 3.84. The van der Waals surface area contributed by atoms with Gasteiger partial charge in [0.1, 0.15) is 11.5 Å². The van der Waals surface area contributed by atoms with Crippen molar-refractivity contribution >= 4 is 17.6 Å². The normalized spacial score (nSPS) is 10.0. The van der Waals surface area contributed by atoms with Crippen molar-refractivity contribution in [3.63, 3.8) is 0 Å². The molecular weight excluding hydrogens is 366 g/mol. The van der Waals surface area contributed by atoms with Gasteiger partial charge in [0.15, 0.2) is 18.1 Å². The molecule has 0 unspecified atom stereocenters. The van der Waals surface area contributed by atoms with Crippen LogP contribution in [0.5, 0.6) is 23.0 Å². The lowest BCUT2D eigenvalue weighted by atomic mass is 10.1. The number of esters is 1. The second-order valence-electron chi connectivity index (χ2n) is 5.64. The molecule has 0 heterocycles. The van der Waals surface area contributed by atoms with E-state index >= 15 is 0 Å². The summed E-state index contributed by atoms with van der Waals surface area (Å²) in [4.78, 5) is 24.1. The first kappa shape index (κ1) is 20.9. The second kappa shape index (κ2) is 10.1. The van der Waals surface area contributed by atoms with Crippen molar-refractivity contribution < 1.29 is 33.3 Å². The zero-order valence-corrected chi connectivity index (χ0v) is 16.2. The summed E-state index contributed by atoms with van der Waals surface area (Å²) in [5, 5.41) is 2.63. The van der Waals surface area contributed by atoms with Crippen LogP contribution in [0.3, 0.4) is 0 Å². The van der Waals surface area contributed by atoms with Crippen molar-refractivity contribution in [3.05, 3.63) is 42.0 Å². The molecule has 0 radical (unpaired) electrons. The van der Waals surface area contributed by atoms with Crippen molar-refractivity contribution in [2.45, 2.75) is 6.42 Å². The number of rotatable bonds is 9. The first-order valence-electron chi connectivity index (χ1n) is 8.39. The lowest BCUT2D eigenvalue weighted by molar-refractivity contribution is -0.146. The predicted octanol–water partition coefficient (Wildman–Crippen LogP) is 2.45. The first-order valence-corrected chi connectivity index (χ1v) is 8.39. The Bertz CT molecular complexity index is 835. The Morgan fingerprint density at radius 1 is 0.821 bits per heavy atom. The fourth-order valence-corrected chi connectivity index (χ4v) is 2.45. The summed E-state index contributed by atoms with van der Waals surface area (Å²) in [6, 6.07) is 10.1. The summed E-state index contributed by atoms with van der Waals surface area (Å²) in [7, 11) is 6.04. The van der Waals surface area contributed by atoms with Gasteiger partial charge >= 0.3 is 5.97 Å². The number of hydrogen-bond acceptors (Lipinski definition) is 7. The minimum Gasteiger partial charge on any atom is -0.497 e. The van der Waals surface area contributed by atoms with Crippen molar-refractivity contribution in [2.75, 3.05) is 40.4 Å². The molecule has 0 saturated carbocycles. The maximum atomic E-state index is 12.1. The van der Waals surface area contributed by atoms with E-state index < -0.39 is 18.5 Å². The Kier molecular flexibility index (Phi) is 7.50. The summed E-state index contributed by atoms with van der Waals surface area (Å²) in [5.74, 6) is 1.06. The molecule has 0 aromatic heterocycles. The molecule has 0 saturated heterocycles. The van der Waals surface area contributed by atoms with Gasteiger partial charge in [-0.2, -0.15) is 0 Å². The average molecular weight is 389 g/mol. The van der Waals surface area contributed by atoms with Gasteiger partial charge in [-0.15, -0.1) is 0 Å². The molecule has 2 aromatic rings. The lowest BCUT2D eigenvalue weighted by Gasteiger charge is -2.12. The van der Waals surface area contributed by atoms with Gasteiger partial charge < -0.3 is 29.0 Å². The number of benzene rings is 2. The van der Waals surface area contributed by atoms with Crippen LogP contribution in [0, 0.1) is 0 Å². The van der Waals surface area contributed by atoms with E-state index in [0.29, 0.717) is 34.2 Å². The van der Waals surface area contributed by atoms with Gasteiger partial charge in [-0.1, -0.05) is 6.07 Å². The van der Waals surface area contributed by atoms with E-state index in [-0.39, 0.29) is 6.42 Å². The molecule has 2 rings (SSSR count). The summed E-state index contributed by atoms with van der Waals surface area (Å²) in [6.07, 6.45) is -0.00385. The standard InChI is InChI=1S/C20H23NO7/c1-24-14-6-8-16(25-2)15(11-14)21-19(22)12-28-20(23)10-13-5-7-17(26-3)18(9-13)27-4/h5-9,11H,10,12H2,1-4H3,(H,21,22). The number of nitrogens with one attached hydrogen (secondary N) is 1. The van der Waals surface area contributed by atoms with E-state index in [4.69, 9.17) is 23.7 Å². The monoisotopic (exact) mass is 389 g/mol. The van der Waals surface area contributed by atoms with Crippen molar-refractivity contribution in [1.82, 2.24) is 0 Å². The number of hydrogen-bond donors (Lipinski definition) is 1. The minimum absolute atomic E-state index is 0.00385. The Balaban J connectivity index is 1.92. The Hall–Kier alpha value is -3.42. The Morgan fingerprint density at radius 2 is 1.50 bits per heavy atom. The molecule has 1 N–H and O–H groups in total. The number of methoxy groups -OCH3 is 4. The van der Waals surface area contributed by atoms with E-state index in [0.717, 1.165) is 0 Å². The lowest BCUT2D eigenvalue weighted by Crippen LogP contribution is -2.22. The van der Waals surface area contributed by atoms with Gasteiger partial charge in [-0.05, 0) is 29.8 Å². The van der Waals surface area contributed by atoms with Crippen LogP contribution in [0.25, 0.3) is 0 Å². The van der Waals surface area contributed by atoms with Crippen LogP contribution in [0.4, 0.5) is 5.69 Å². The van der Waals surface area contributed by atoms with Gasteiger partial charge in [0.05, 0.1) is 40.5 Å². The molecule has 2 aromatic carbocycles. The number of carbonyl (C=O) groups excluding carboxylic acids is 2. The fraction of sp³-hybridized carbons (Fsp3) is 0.300. The number of carbonyl (C=O) groups is 2. The maximum absolute atomic E-state index is 12.1. The summed E-state index contributed by atoms with van der Waals surface area (Å²) >= 11 is 0. The van der Waals surface area contributed by atoms with Crippen LogP contribution < -0.4 is 24.3 Å². The summed E-state index contributed by atoms with van der Waals surface area (Å²) < 4.78 is 25.7. The molecule has 0 aliphatic carbocycles. The predicted molar refractivity (Wildman–Crippen MR) is 102 cm³/mol. The molecule has 0 aliphatic rings. The van der Waals surface area contributed by atoms with Gasteiger partial charge in [0, 0.05) is 6.07 Å². The molecule has 8 nitrogen and oxygen atoms in total. The molecule has 0 bridgehead atoms. The highest BCUT2D eigenvalue weighted by atomic mass is 16.5. The zero-order chi connectivity index (χ0) is 20.5. The average Bonchev–Trinajstić information content (AvgIpc) is 2.72. The third-order valence-electron chi connectivity index (χ3n) is 3.84. The van der Waals surface area contributed by atoms with Gasteiger partial charge in [-0.25, -0.2) is 0 Å². The number of anilines is 1. The topological polar surface area (TPSA) is 92.3 Å². The SMILES string of the molecule is COc1ccc(OC)c(NC(=O)COC(=O)Cc2ccc(OC)c(OC)c2)c1. The zero-order valence-electron chi connectivity index (χ0n) is 16.2. The van der Waals surface area contributed by atoms with E-state index in [1.165, 1.54) is 28.4 Å². The van der Waals surface area contributed by atoms with Crippen LogP contribution in [0.2, 0.25) is 0 Å². The van der Waals surface area contributed by atoms with Crippen LogP contribution in [0.1, 0.15) is 5.56 Å². The number of ether oxygens (including phenoxy) is 5. The maximum Gasteiger partial charge on any atom is 0.310 e. The fourth-order valence-electron chi connectivity index (χ4n) is 2.45. The molecule has 0 spiro atoms. The van der Waals surface area contributed by atoms with Crippen molar-refractivity contribution in [2.24, 2.45) is 0 Å². The highest BCUT2D eigenvalue weighted by Crippen LogP contribution is 2.29.